The second-order valence-corrected chi connectivity index (χ2v) is 3.83. The number of hydrogen-bond acceptors (Lipinski definition) is 4. The molecule has 0 radical (unpaired) electrons. The van der Waals surface area contributed by atoms with Gasteiger partial charge in [-0.25, -0.2) is 0 Å². The van der Waals surface area contributed by atoms with Gasteiger partial charge < -0.3 is 9.52 Å². The Kier molecular flexibility index (Phi) is 3.18. The first-order valence-electron chi connectivity index (χ1n) is 5.22. The molecule has 0 saturated heterocycles. The number of carbonyl (C=O) groups is 1. The van der Waals surface area contributed by atoms with Crippen LogP contribution in [-0.4, -0.2) is 21.3 Å². The molecular formula is C12H12N2O3. The number of rotatable bonds is 4. The molecule has 0 aliphatic heterocycles. The SMILES string of the molecule is Cc1cccc(Cc2nnc(CC(=O)O)o2)c1. The maximum atomic E-state index is 10.5. The summed E-state index contributed by atoms with van der Waals surface area (Å²) in [4.78, 5) is 10.5. The van der Waals surface area contributed by atoms with Gasteiger partial charge in [0, 0.05) is 0 Å². The minimum absolute atomic E-state index is 0.139. The molecule has 0 amide bonds. The van der Waals surface area contributed by atoms with Crippen molar-refractivity contribution in [3.63, 3.8) is 0 Å². The van der Waals surface area contributed by atoms with E-state index in [9.17, 15) is 4.79 Å². The number of carboxylic acids is 1. The smallest absolute Gasteiger partial charge is 0.312 e. The van der Waals surface area contributed by atoms with Gasteiger partial charge in [-0.2, -0.15) is 0 Å². The number of aromatic nitrogens is 2. The Morgan fingerprint density at radius 1 is 1.35 bits per heavy atom. The Hall–Kier alpha value is -2.17. The monoisotopic (exact) mass is 232 g/mol. The number of carboxylic acid groups (broad SMARTS) is 1. The molecule has 0 atom stereocenters. The summed E-state index contributed by atoms with van der Waals surface area (Å²) in [5.41, 5.74) is 2.23. The second kappa shape index (κ2) is 4.78. The second-order valence-electron chi connectivity index (χ2n) is 3.83. The van der Waals surface area contributed by atoms with E-state index in [1.54, 1.807) is 0 Å². The van der Waals surface area contributed by atoms with Crippen LogP contribution in [0.5, 0.6) is 0 Å². The molecule has 1 aromatic carbocycles. The number of hydrogen-bond donors (Lipinski definition) is 1. The van der Waals surface area contributed by atoms with Crippen LogP contribution >= 0.6 is 0 Å². The predicted molar refractivity (Wildman–Crippen MR) is 59.6 cm³/mol. The highest BCUT2D eigenvalue weighted by atomic mass is 16.4. The largest absolute Gasteiger partial charge is 0.481 e. The highest BCUT2D eigenvalue weighted by Gasteiger charge is 2.10. The zero-order valence-corrected chi connectivity index (χ0v) is 9.38. The Bertz CT molecular complexity index is 534. The van der Waals surface area contributed by atoms with Crippen molar-refractivity contribution in [2.75, 3.05) is 0 Å². The fourth-order valence-electron chi connectivity index (χ4n) is 1.56. The van der Waals surface area contributed by atoms with Crippen molar-refractivity contribution in [3.8, 4) is 0 Å². The van der Waals surface area contributed by atoms with Gasteiger partial charge in [0.2, 0.25) is 11.8 Å². The molecule has 1 heterocycles. The van der Waals surface area contributed by atoms with E-state index in [0.717, 1.165) is 11.1 Å². The molecule has 1 aromatic heterocycles. The van der Waals surface area contributed by atoms with E-state index in [1.807, 2.05) is 31.2 Å². The lowest BCUT2D eigenvalue weighted by molar-refractivity contribution is -0.136. The van der Waals surface area contributed by atoms with E-state index >= 15 is 0 Å². The first-order valence-corrected chi connectivity index (χ1v) is 5.22. The third-order valence-corrected chi connectivity index (χ3v) is 2.25. The predicted octanol–water partition coefficient (Wildman–Crippen LogP) is 1.60. The van der Waals surface area contributed by atoms with Gasteiger partial charge in [-0.1, -0.05) is 29.8 Å². The molecular weight excluding hydrogens is 220 g/mol. The molecule has 5 heteroatoms. The topological polar surface area (TPSA) is 76.2 Å². The molecule has 0 aliphatic rings. The molecule has 2 aromatic rings. The lowest BCUT2D eigenvalue weighted by Gasteiger charge is -1.98. The third kappa shape index (κ3) is 3.14. The van der Waals surface area contributed by atoms with Crippen molar-refractivity contribution < 1.29 is 14.3 Å². The van der Waals surface area contributed by atoms with E-state index < -0.39 is 5.97 Å². The fraction of sp³-hybridized carbons (Fsp3) is 0.250. The van der Waals surface area contributed by atoms with Crippen LogP contribution in [0.4, 0.5) is 0 Å². The molecule has 0 aliphatic carbocycles. The molecule has 0 fully saturated rings. The first-order chi connectivity index (χ1) is 8.13. The maximum absolute atomic E-state index is 10.5. The molecule has 0 unspecified atom stereocenters. The van der Waals surface area contributed by atoms with Gasteiger partial charge in [0.25, 0.3) is 0 Å². The number of aliphatic carboxylic acids is 1. The summed E-state index contributed by atoms with van der Waals surface area (Å²) in [6.07, 6.45) is 0.287. The highest BCUT2D eigenvalue weighted by Crippen LogP contribution is 2.10. The van der Waals surface area contributed by atoms with Gasteiger partial charge in [-0.05, 0) is 12.5 Å². The number of aryl methyl sites for hydroxylation is 1. The van der Waals surface area contributed by atoms with Gasteiger partial charge >= 0.3 is 5.97 Å². The Morgan fingerprint density at radius 3 is 2.82 bits per heavy atom. The zero-order chi connectivity index (χ0) is 12.3. The van der Waals surface area contributed by atoms with Gasteiger partial charge in [0.05, 0.1) is 6.42 Å². The first kappa shape index (κ1) is 11.3. The summed E-state index contributed by atoms with van der Waals surface area (Å²) in [6, 6.07) is 7.96. The summed E-state index contributed by atoms with van der Waals surface area (Å²) >= 11 is 0. The lowest BCUT2D eigenvalue weighted by atomic mass is 10.1. The van der Waals surface area contributed by atoms with Crippen LogP contribution in [-0.2, 0) is 17.6 Å². The van der Waals surface area contributed by atoms with Crippen molar-refractivity contribution in [1.29, 1.82) is 0 Å². The summed E-state index contributed by atoms with van der Waals surface area (Å²) in [5, 5.41) is 16.1. The molecule has 1 N–H and O–H groups in total. The van der Waals surface area contributed by atoms with Crippen molar-refractivity contribution in [1.82, 2.24) is 10.2 Å². The Balaban J connectivity index is 2.08. The minimum Gasteiger partial charge on any atom is -0.481 e. The summed E-state index contributed by atoms with van der Waals surface area (Å²) in [7, 11) is 0. The van der Waals surface area contributed by atoms with Crippen LogP contribution < -0.4 is 0 Å². The molecule has 2 rings (SSSR count). The molecule has 0 bridgehead atoms. The quantitative estimate of drug-likeness (QED) is 0.866. The van der Waals surface area contributed by atoms with Crippen LogP contribution in [0.15, 0.2) is 28.7 Å². The van der Waals surface area contributed by atoms with Crippen molar-refractivity contribution in [3.05, 3.63) is 47.2 Å². The van der Waals surface area contributed by atoms with E-state index in [1.165, 1.54) is 0 Å². The third-order valence-electron chi connectivity index (χ3n) is 2.25. The Labute approximate surface area is 98.1 Å². The molecule has 0 spiro atoms. The van der Waals surface area contributed by atoms with E-state index in [-0.39, 0.29) is 12.3 Å². The number of benzene rings is 1. The molecule has 5 nitrogen and oxygen atoms in total. The summed E-state index contributed by atoms with van der Waals surface area (Å²) < 4.78 is 5.24. The normalized spacial score (nSPS) is 10.4. The maximum Gasteiger partial charge on any atom is 0.312 e. The van der Waals surface area contributed by atoms with E-state index in [0.29, 0.717) is 12.3 Å². The molecule has 88 valence electrons. The fourth-order valence-corrected chi connectivity index (χ4v) is 1.56. The molecule has 17 heavy (non-hydrogen) atoms. The average Bonchev–Trinajstić information content (AvgIpc) is 2.64. The van der Waals surface area contributed by atoms with Crippen LogP contribution in [0.1, 0.15) is 22.9 Å². The zero-order valence-electron chi connectivity index (χ0n) is 9.38. The van der Waals surface area contributed by atoms with Gasteiger partial charge in [0.1, 0.15) is 6.42 Å². The van der Waals surface area contributed by atoms with Crippen molar-refractivity contribution in [2.24, 2.45) is 0 Å². The minimum atomic E-state index is -0.976. The standard InChI is InChI=1S/C12H12N2O3/c1-8-3-2-4-9(5-8)6-10-13-14-11(17-10)7-12(15)16/h2-5H,6-7H2,1H3,(H,15,16). The molecule has 0 saturated carbocycles. The Morgan fingerprint density at radius 2 is 2.12 bits per heavy atom. The van der Waals surface area contributed by atoms with E-state index in [4.69, 9.17) is 9.52 Å². The lowest BCUT2D eigenvalue weighted by Crippen LogP contribution is -1.99. The van der Waals surface area contributed by atoms with Crippen LogP contribution in [0.2, 0.25) is 0 Å². The van der Waals surface area contributed by atoms with Crippen LogP contribution in [0, 0.1) is 6.92 Å². The van der Waals surface area contributed by atoms with Crippen LogP contribution in [0.25, 0.3) is 0 Å². The van der Waals surface area contributed by atoms with E-state index in [2.05, 4.69) is 10.2 Å². The van der Waals surface area contributed by atoms with Crippen molar-refractivity contribution >= 4 is 5.97 Å². The van der Waals surface area contributed by atoms with Gasteiger partial charge in [-0.3, -0.25) is 4.79 Å². The summed E-state index contributed by atoms with van der Waals surface area (Å²) in [6.45, 7) is 2.01. The average molecular weight is 232 g/mol. The summed E-state index contributed by atoms with van der Waals surface area (Å²) in [5.74, 6) is -0.400. The van der Waals surface area contributed by atoms with Crippen molar-refractivity contribution in [2.45, 2.75) is 19.8 Å². The number of nitrogens with zero attached hydrogens (tertiary/aromatic N) is 2. The highest BCUT2D eigenvalue weighted by molar-refractivity contribution is 5.68. The van der Waals surface area contributed by atoms with Crippen LogP contribution in [0.3, 0.4) is 0 Å². The van der Waals surface area contributed by atoms with Gasteiger partial charge in [0.15, 0.2) is 0 Å². The van der Waals surface area contributed by atoms with Gasteiger partial charge in [-0.15, -0.1) is 10.2 Å².